The van der Waals surface area contributed by atoms with E-state index in [9.17, 15) is 0 Å². The molecule has 2 rings (SSSR count). The summed E-state index contributed by atoms with van der Waals surface area (Å²) in [6, 6.07) is 8.71. The van der Waals surface area contributed by atoms with Crippen molar-refractivity contribution in [2.45, 2.75) is 33.4 Å². The zero-order chi connectivity index (χ0) is 14.0. The fraction of sp³-hybridized carbons (Fsp3) is 0.400. The molecule has 0 saturated carbocycles. The van der Waals surface area contributed by atoms with E-state index in [4.69, 9.17) is 0 Å². The molecule has 0 bridgehead atoms. The molecule has 1 aromatic carbocycles. The normalized spacial score (nSPS) is 12.7. The highest BCUT2D eigenvalue weighted by Crippen LogP contribution is 2.21. The van der Waals surface area contributed by atoms with Gasteiger partial charge in [0.25, 0.3) is 0 Å². The van der Waals surface area contributed by atoms with E-state index in [0.29, 0.717) is 6.04 Å². The van der Waals surface area contributed by atoms with Crippen LogP contribution in [-0.2, 0) is 13.6 Å². The summed E-state index contributed by atoms with van der Waals surface area (Å²) in [6.45, 7) is 7.24. The van der Waals surface area contributed by atoms with E-state index in [1.54, 1.807) is 0 Å². The molecule has 1 atom stereocenters. The Kier molecular flexibility index (Phi) is 4.42. The van der Waals surface area contributed by atoms with Crippen molar-refractivity contribution in [2.75, 3.05) is 0 Å². The van der Waals surface area contributed by atoms with Gasteiger partial charge in [0.05, 0.1) is 5.69 Å². The molecule has 0 radical (unpaired) electrons. The number of aryl methyl sites for hydroxylation is 2. The molecular weight excluding hydrogens is 302 g/mol. The van der Waals surface area contributed by atoms with Crippen LogP contribution < -0.4 is 5.32 Å². The molecule has 1 aromatic heterocycles. The Bertz CT molecular complexity index is 558. The summed E-state index contributed by atoms with van der Waals surface area (Å²) >= 11 is 3.45. The number of rotatable bonds is 4. The van der Waals surface area contributed by atoms with Crippen molar-refractivity contribution in [1.82, 2.24) is 15.1 Å². The lowest BCUT2D eigenvalue weighted by Gasteiger charge is -2.15. The Morgan fingerprint density at radius 1 is 1.26 bits per heavy atom. The maximum absolute atomic E-state index is 4.47. The van der Waals surface area contributed by atoms with E-state index in [1.807, 2.05) is 11.7 Å². The smallest absolute Gasteiger partial charge is 0.0644 e. The molecule has 3 nitrogen and oxygen atoms in total. The highest BCUT2D eigenvalue weighted by Gasteiger charge is 2.15. The molecule has 1 unspecified atom stereocenters. The van der Waals surface area contributed by atoms with Crippen molar-refractivity contribution in [3.63, 3.8) is 0 Å². The van der Waals surface area contributed by atoms with Gasteiger partial charge in [-0.05, 0) is 38.5 Å². The minimum Gasteiger partial charge on any atom is -0.306 e. The molecule has 0 aliphatic carbocycles. The average Bonchev–Trinajstić information content (AvgIpc) is 2.62. The van der Waals surface area contributed by atoms with Crippen molar-refractivity contribution in [3.05, 3.63) is 51.3 Å². The number of halogens is 1. The molecule has 0 amide bonds. The van der Waals surface area contributed by atoms with E-state index in [-0.39, 0.29) is 0 Å². The van der Waals surface area contributed by atoms with Gasteiger partial charge in [-0.2, -0.15) is 5.10 Å². The standard InChI is InChI=1S/C15H20BrN3/c1-10(15-11(2)18-19(4)12(15)3)17-9-13-5-7-14(16)8-6-13/h5-8,10,17H,9H2,1-4H3. The predicted molar refractivity (Wildman–Crippen MR) is 82.1 cm³/mol. The van der Waals surface area contributed by atoms with Crippen LogP contribution in [0.2, 0.25) is 0 Å². The first-order chi connectivity index (χ1) is 8.99. The summed E-state index contributed by atoms with van der Waals surface area (Å²) in [5, 5.41) is 8.03. The lowest BCUT2D eigenvalue weighted by atomic mass is 10.1. The van der Waals surface area contributed by atoms with E-state index >= 15 is 0 Å². The van der Waals surface area contributed by atoms with Crippen LogP contribution in [0.3, 0.4) is 0 Å². The van der Waals surface area contributed by atoms with Gasteiger partial charge in [0.15, 0.2) is 0 Å². The van der Waals surface area contributed by atoms with Gasteiger partial charge >= 0.3 is 0 Å². The number of benzene rings is 1. The minimum absolute atomic E-state index is 0.303. The summed E-state index contributed by atoms with van der Waals surface area (Å²) in [4.78, 5) is 0. The summed E-state index contributed by atoms with van der Waals surface area (Å²) < 4.78 is 3.06. The van der Waals surface area contributed by atoms with Gasteiger partial charge in [0, 0.05) is 35.4 Å². The van der Waals surface area contributed by atoms with Crippen LogP contribution in [0.5, 0.6) is 0 Å². The zero-order valence-corrected chi connectivity index (χ0v) is 13.5. The monoisotopic (exact) mass is 321 g/mol. The SMILES string of the molecule is Cc1nn(C)c(C)c1C(C)NCc1ccc(Br)cc1. The number of aromatic nitrogens is 2. The molecule has 102 valence electrons. The van der Waals surface area contributed by atoms with Crippen LogP contribution in [0.15, 0.2) is 28.7 Å². The molecule has 0 spiro atoms. The Labute approximate surface area is 123 Å². The van der Waals surface area contributed by atoms with E-state index in [0.717, 1.165) is 16.7 Å². The molecule has 1 heterocycles. The first-order valence-electron chi connectivity index (χ1n) is 6.47. The van der Waals surface area contributed by atoms with Gasteiger partial charge in [0.1, 0.15) is 0 Å². The topological polar surface area (TPSA) is 29.9 Å². The molecule has 0 saturated heterocycles. The Balaban J connectivity index is 2.05. The van der Waals surface area contributed by atoms with E-state index in [1.165, 1.54) is 16.8 Å². The maximum atomic E-state index is 4.47. The van der Waals surface area contributed by atoms with Crippen LogP contribution in [0, 0.1) is 13.8 Å². The molecule has 4 heteroatoms. The van der Waals surface area contributed by atoms with Crippen molar-refractivity contribution in [1.29, 1.82) is 0 Å². The van der Waals surface area contributed by atoms with Gasteiger partial charge in [-0.25, -0.2) is 0 Å². The van der Waals surface area contributed by atoms with Gasteiger partial charge in [-0.1, -0.05) is 28.1 Å². The second-order valence-corrected chi connectivity index (χ2v) is 5.85. The van der Waals surface area contributed by atoms with Crippen molar-refractivity contribution >= 4 is 15.9 Å². The number of hydrogen-bond donors (Lipinski definition) is 1. The third-order valence-electron chi connectivity index (χ3n) is 3.52. The van der Waals surface area contributed by atoms with Gasteiger partial charge in [-0.15, -0.1) is 0 Å². The van der Waals surface area contributed by atoms with Gasteiger partial charge < -0.3 is 5.32 Å². The molecule has 1 N–H and O–H groups in total. The number of hydrogen-bond acceptors (Lipinski definition) is 2. The molecule has 2 aromatic rings. The minimum atomic E-state index is 0.303. The zero-order valence-electron chi connectivity index (χ0n) is 11.9. The molecule has 0 fully saturated rings. The molecule has 0 aliphatic rings. The lowest BCUT2D eigenvalue weighted by molar-refractivity contribution is 0.568. The van der Waals surface area contributed by atoms with Gasteiger partial charge in [-0.3, -0.25) is 4.68 Å². The third-order valence-corrected chi connectivity index (χ3v) is 4.05. The van der Waals surface area contributed by atoms with Crippen LogP contribution in [0.1, 0.15) is 35.5 Å². The Morgan fingerprint density at radius 3 is 2.42 bits per heavy atom. The third kappa shape index (κ3) is 3.25. The fourth-order valence-corrected chi connectivity index (χ4v) is 2.66. The van der Waals surface area contributed by atoms with E-state index < -0.39 is 0 Å². The lowest BCUT2D eigenvalue weighted by Crippen LogP contribution is -2.19. The van der Waals surface area contributed by atoms with E-state index in [2.05, 4.69) is 71.4 Å². The summed E-state index contributed by atoms with van der Waals surface area (Å²) in [6.07, 6.45) is 0. The molecule has 19 heavy (non-hydrogen) atoms. The Hall–Kier alpha value is -1.13. The number of nitrogens with one attached hydrogen (secondary N) is 1. The van der Waals surface area contributed by atoms with Crippen LogP contribution in [0.25, 0.3) is 0 Å². The summed E-state index contributed by atoms with van der Waals surface area (Å²) in [7, 11) is 1.99. The van der Waals surface area contributed by atoms with Crippen LogP contribution in [0.4, 0.5) is 0 Å². The average molecular weight is 322 g/mol. The maximum Gasteiger partial charge on any atom is 0.0644 e. The molecule has 0 aliphatic heterocycles. The van der Waals surface area contributed by atoms with Crippen molar-refractivity contribution < 1.29 is 0 Å². The fourth-order valence-electron chi connectivity index (χ4n) is 2.39. The van der Waals surface area contributed by atoms with Crippen molar-refractivity contribution in [2.24, 2.45) is 7.05 Å². The Morgan fingerprint density at radius 2 is 1.89 bits per heavy atom. The first-order valence-corrected chi connectivity index (χ1v) is 7.26. The predicted octanol–water partition coefficient (Wildman–Crippen LogP) is 3.65. The largest absolute Gasteiger partial charge is 0.306 e. The van der Waals surface area contributed by atoms with Crippen LogP contribution in [-0.4, -0.2) is 9.78 Å². The summed E-state index contributed by atoms with van der Waals surface area (Å²) in [5.74, 6) is 0. The molecular formula is C15H20BrN3. The number of nitrogens with zero attached hydrogens (tertiary/aromatic N) is 2. The van der Waals surface area contributed by atoms with Crippen molar-refractivity contribution in [3.8, 4) is 0 Å². The highest BCUT2D eigenvalue weighted by atomic mass is 79.9. The van der Waals surface area contributed by atoms with Gasteiger partial charge in [0.2, 0.25) is 0 Å². The quantitative estimate of drug-likeness (QED) is 0.931. The second kappa shape index (κ2) is 5.88. The summed E-state index contributed by atoms with van der Waals surface area (Å²) in [5.41, 5.74) is 4.93. The van der Waals surface area contributed by atoms with Crippen LogP contribution >= 0.6 is 15.9 Å². The highest BCUT2D eigenvalue weighted by molar-refractivity contribution is 9.10. The first kappa shape index (κ1) is 14.3. The second-order valence-electron chi connectivity index (χ2n) is 4.94.